The minimum Gasteiger partial charge on any atom is -0.308 e. The zero-order chi connectivity index (χ0) is 28.3. The van der Waals surface area contributed by atoms with Crippen LogP contribution in [0.25, 0.3) is 58.4 Å². The molecule has 3 heteroatoms. The van der Waals surface area contributed by atoms with E-state index < -0.39 is 0 Å². The van der Waals surface area contributed by atoms with Crippen LogP contribution >= 0.6 is 11.3 Å². The van der Waals surface area contributed by atoms with Gasteiger partial charge in [-0.05, 0) is 71.4 Å². The lowest BCUT2D eigenvalue weighted by Crippen LogP contribution is -2.12. The summed E-state index contributed by atoms with van der Waals surface area (Å²) in [5.74, 6) is 0. The molecule has 2 heterocycles. The first-order valence-corrected chi connectivity index (χ1v) is 15.4. The molecule has 0 N–H and O–H groups in total. The molecule has 7 aromatic carbocycles. The fourth-order valence-electron chi connectivity index (χ4n) is 6.69. The first kappa shape index (κ1) is 24.2. The molecule has 9 rings (SSSR count). The second-order valence-electron chi connectivity index (χ2n) is 11.0. The zero-order valence-electron chi connectivity index (χ0n) is 23.3. The van der Waals surface area contributed by atoms with Crippen LogP contribution in [-0.2, 0) is 0 Å². The zero-order valence-corrected chi connectivity index (χ0v) is 24.1. The van der Waals surface area contributed by atoms with Crippen LogP contribution in [-0.4, -0.2) is 4.57 Å². The molecule has 43 heavy (non-hydrogen) atoms. The summed E-state index contributed by atoms with van der Waals surface area (Å²) >= 11 is 1.87. The Bertz CT molecular complexity index is 2450. The molecule has 0 saturated carbocycles. The van der Waals surface area contributed by atoms with E-state index in [1.165, 1.54) is 58.4 Å². The number of nitrogens with zero attached hydrogens (tertiary/aromatic N) is 2. The topological polar surface area (TPSA) is 8.17 Å². The maximum absolute atomic E-state index is 2.46. The molecule has 0 radical (unpaired) electrons. The summed E-state index contributed by atoms with van der Waals surface area (Å²) in [6, 6.07) is 57.2. The van der Waals surface area contributed by atoms with Crippen LogP contribution in [0.1, 0.15) is 0 Å². The van der Waals surface area contributed by atoms with Crippen molar-refractivity contribution in [2.75, 3.05) is 4.90 Å². The van der Waals surface area contributed by atoms with Gasteiger partial charge in [-0.2, -0.15) is 0 Å². The lowest BCUT2D eigenvalue weighted by atomic mass is 10.0. The molecule has 0 aliphatic carbocycles. The van der Waals surface area contributed by atoms with Crippen molar-refractivity contribution in [1.82, 2.24) is 4.57 Å². The molecule has 0 atom stereocenters. The highest BCUT2D eigenvalue weighted by atomic mass is 32.1. The van der Waals surface area contributed by atoms with Gasteiger partial charge in [0.15, 0.2) is 0 Å². The molecule has 0 aliphatic rings. The molecular formula is C40H26N2S. The number of para-hydroxylation sites is 4. The van der Waals surface area contributed by atoms with Gasteiger partial charge in [0.05, 0.1) is 22.4 Å². The Morgan fingerprint density at radius 1 is 0.465 bits per heavy atom. The van der Waals surface area contributed by atoms with Crippen molar-refractivity contribution in [1.29, 1.82) is 0 Å². The van der Waals surface area contributed by atoms with Gasteiger partial charge in [0.1, 0.15) is 0 Å². The number of aromatic nitrogens is 1. The maximum Gasteiger partial charge on any atom is 0.0782 e. The van der Waals surface area contributed by atoms with Gasteiger partial charge in [0.25, 0.3) is 0 Å². The van der Waals surface area contributed by atoms with E-state index in [4.69, 9.17) is 0 Å². The van der Waals surface area contributed by atoms with Gasteiger partial charge in [-0.25, -0.2) is 0 Å². The number of thiophene rings is 1. The van der Waals surface area contributed by atoms with E-state index in [2.05, 4.69) is 167 Å². The minimum absolute atomic E-state index is 1.13. The Labute approximate surface area is 253 Å². The van der Waals surface area contributed by atoms with Crippen LogP contribution in [0.5, 0.6) is 0 Å². The third-order valence-electron chi connectivity index (χ3n) is 8.53. The van der Waals surface area contributed by atoms with Gasteiger partial charge in [-0.3, -0.25) is 0 Å². The van der Waals surface area contributed by atoms with Gasteiger partial charge < -0.3 is 9.47 Å². The highest BCUT2D eigenvalue weighted by Crippen LogP contribution is 2.48. The normalized spacial score (nSPS) is 11.7. The van der Waals surface area contributed by atoms with Crippen LogP contribution < -0.4 is 4.90 Å². The minimum atomic E-state index is 1.13. The summed E-state index contributed by atoms with van der Waals surface area (Å²) in [5.41, 5.74) is 7.02. The van der Waals surface area contributed by atoms with Crippen molar-refractivity contribution in [3.8, 4) is 5.69 Å². The molecule has 0 spiro atoms. The van der Waals surface area contributed by atoms with Gasteiger partial charge in [-0.1, -0.05) is 97.1 Å². The van der Waals surface area contributed by atoms with Gasteiger partial charge >= 0.3 is 0 Å². The first-order valence-electron chi connectivity index (χ1n) is 14.6. The Morgan fingerprint density at radius 2 is 1.12 bits per heavy atom. The van der Waals surface area contributed by atoms with Crippen molar-refractivity contribution in [2.24, 2.45) is 0 Å². The summed E-state index contributed by atoms with van der Waals surface area (Å²) in [5, 5.41) is 7.62. The van der Waals surface area contributed by atoms with Gasteiger partial charge in [0.2, 0.25) is 0 Å². The van der Waals surface area contributed by atoms with E-state index in [0.29, 0.717) is 0 Å². The highest BCUT2D eigenvalue weighted by molar-refractivity contribution is 7.26. The van der Waals surface area contributed by atoms with Crippen molar-refractivity contribution < 1.29 is 0 Å². The molecule has 202 valence electrons. The lowest BCUT2D eigenvalue weighted by molar-refractivity contribution is 1.17. The standard InChI is InChI=1S/C40H26N2S/c1-3-15-29(16-4-1)41(35-22-12-24-37-39(35)33-25-27-13-7-8-14-28(27)26-38(33)43-37)36-23-11-20-32-31-19-9-10-21-34(31)42(40(32)36)30-17-5-2-6-18-30/h1-26H. The number of fused-ring (bicyclic) bond motifs is 7. The molecule has 2 nitrogen and oxygen atoms in total. The average molecular weight is 567 g/mol. The number of hydrogen-bond donors (Lipinski definition) is 0. The maximum atomic E-state index is 2.46. The van der Waals surface area contributed by atoms with Crippen molar-refractivity contribution >= 4 is 81.1 Å². The molecule has 0 bridgehead atoms. The lowest BCUT2D eigenvalue weighted by Gasteiger charge is -2.28. The predicted octanol–water partition coefficient (Wildman–Crippen LogP) is 11.8. The van der Waals surface area contributed by atoms with Crippen molar-refractivity contribution in [2.45, 2.75) is 0 Å². The van der Waals surface area contributed by atoms with Crippen LogP contribution in [0.15, 0.2) is 158 Å². The van der Waals surface area contributed by atoms with Crippen molar-refractivity contribution in [3.05, 3.63) is 158 Å². The predicted molar refractivity (Wildman–Crippen MR) is 186 cm³/mol. The van der Waals surface area contributed by atoms with Crippen LogP contribution in [0.3, 0.4) is 0 Å². The number of anilines is 3. The SMILES string of the molecule is c1ccc(N(c2cccc3sc4cc5ccccc5cc4c23)c2cccc3c4ccccc4n(-c4ccccc4)c23)cc1. The third kappa shape index (κ3) is 3.72. The van der Waals surface area contributed by atoms with Gasteiger partial charge in [-0.15, -0.1) is 11.3 Å². The average Bonchev–Trinajstić information content (AvgIpc) is 3.61. The third-order valence-corrected chi connectivity index (χ3v) is 9.64. The summed E-state index contributed by atoms with van der Waals surface area (Å²) in [6.07, 6.45) is 0. The highest BCUT2D eigenvalue weighted by Gasteiger charge is 2.23. The van der Waals surface area contributed by atoms with E-state index >= 15 is 0 Å². The summed E-state index contributed by atoms with van der Waals surface area (Å²) in [7, 11) is 0. The Hall–Kier alpha value is -5.38. The van der Waals surface area contributed by atoms with Crippen LogP contribution in [0.2, 0.25) is 0 Å². The Morgan fingerprint density at radius 3 is 1.95 bits per heavy atom. The van der Waals surface area contributed by atoms with E-state index in [0.717, 1.165) is 17.1 Å². The van der Waals surface area contributed by atoms with Crippen LogP contribution in [0.4, 0.5) is 17.1 Å². The number of hydrogen-bond acceptors (Lipinski definition) is 2. The van der Waals surface area contributed by atoms with Crippen molar-refractivity contribution in [3.63, 3.8) is 0 Å². The molecule has 2 aromatic heterocycles. The van der Waals surface area contributed by atoms with E-state index in [9.17, 15) is 0 Å². The summed E-state index contributed by atoms with van der Waals surface area (Å²) < 4.78 is 5.03. The Kier molecular flexibility index (Phi) is 5.40. The molecule has 0 aliphatic heterocycles. The molecular weight excluding hydrogens is 541 g/mol. The van der Waals surface area contributed by atoms with E-state index in [1.807, 2.05) is 11.3 Å². The monoisotopic (exact) mass is 566 g/mol. The summed E-state index contributed by atoms with van der Waals surface area (Å²) in [4.78, 5) is 2.46. The fourth-order valence-corrected chi connectivity index (χ4v) is 7.85. The second-order valence-corrected chi connectivity index (χ2v) is 12.1. The quantitative estimate of drug-likeness (QED) is 0.206. The van der Waals surface area contributed by atoms with Gasteiger partial charge in [0, 0.05) is 42.3 Å². The largest absolute Gasteiger partial charge is 0.308 e. The molecule has 0 saturated heterocycles. The Balaban J connectivity index is 1.43. The number of rotatable bonds is 4. The second kappa shape index (κ2) is 9.59. The first-order chi connectivity index (χ1) is 21.3. The molecule has 0 fully saturated rings. The summed E-state index contributed by atoms with van der Waals surface area (Å²) in [6.45, 7) is 0. The molecule has 9 aromatic rings. The fraction of sp³-hybridized carbons (Fsp3) is 0. The number of benzene rings is 7. The molecule has 0 unspecified atom stereocenters. The van der Waals surface area contributed by atoms with E-state index in [-0.39, 0.29) is 0 Å². The molecule has 0 amide bonds. The smallest absolute Gasteiger partial charge is 0.0782 e. The van der Waals surface area contributed by atoms with Crippen LogP contribution in [0, 0.1) is 0 Å². The van der Waals surface area contributed by atoms with E-state index in [1.54, 1.807) is 0 Å².